The number of hydrogen-bond acceptors (Lipinski definition) is 3. The minimum absolute atomic E-state index is 0.0837. The van der Waals surface area contributed by atoms with E-state index in [9.17, 15) is 9.59 Å². The molecular weight excluding hydrogens is 192 g/mol. The fraction of sp³-hybridized carbons (Fsp3) is 0.333. The average molecular weight is 206 g/mol. The lowest BCUT2D eigenvalue weighted by molar-refractivity contribution is 0.101. The number of benzene rings is 1. The van der Waals surface area contributed by atoms with Crippen LogP contribution in [0.15, 0.2) is 12.1 Å². The van der Waals surface area contributed by atoms with Crippen LogP contribution in [0.5, 0.6) is 5.75 Å². The summed E-state index contributed by atoms with van der Waals surface area (Å²) in [5, 5.41) is 0. The van der Waals surface area contributed by atoms with Crippen molar-refractivity contribution in [3.05, 3.63) is 28.8 Å². The van der Waals surface area contributed by atoms with Gasteiger partial charge in [-0.15, -0.1) is 0 Å². The van der Waals surface area contributed by atoms with E-state index in [2.05, 4.69) is 0 Å². The maximum Gasteiger partial charge on any atom is 0.163 e. The molecule has 0 unspecified atom stereocenters. The number of carbonyl (C=O) groups is 2. The third-order valence-corrected chi connectivity index (χ3v) is 2.25. The van der Waals surface area contributed by atoms with Crippen LogP contribution in [0, 0.1) is 6.92 Å². The molecule has 0 aromatic heterocycles. The van der Waals surface area contributed by atoms with Crippen molar-refractivity contribution in [3.8, 4) is 5.75 Å². The zero-order valence-corrected chi connectivity index (χ0v) is 9.16. The molecule has 0 radical (unpaired) electrons. The van der Waals surface area contributed by atoms with Crippen LogP contribution in [-0.4, -0.2) is 18.7 Å². The van der Waals surface area contributed by atoms with Gasteiger partial charge in [0.25, 0.3) is 0 Å². The molecule has 0 saturated carbocycles. The van der Waals surface area contributed by atoms with Crippen LogP contribution in [0.25, 0.3) is 0 Å². The molecule has 0 amide bonds. The van der Waals surface area contributed by atoms with E-state index in [0.29, 0.717) is 29.0 Å². The molecule has 0 heterocycles. The van der Waals surface area contributed by atoms with Gasteiger partial charge in [0.2, 0.25) is 0 Å². The van der Waals surface area contributed by atoms with Gasteiger partial charge < -0.3 is 4.74 Å². The smallest absolute Gasteiger partial charge is 0.163 e. The Morgan fingerprint density at radius 2 is 2.13 bits per heavy atom. The van der Waals surface area contributed by atoms with Gasteiger partial charge in [-0.1, -0.05) is 0 Å². The Hall–Kier alpha value is -1.64. The standard InChI is InChI=1S/C12H14O3/c1-4-15-11-6-5-10(7-13)8(2)12(11)9(3)14/h5-7H,4H2,1-3H3. The van der Waals surface area contributed by atoms with Gasteiger partial charge in [0.15, 0.2) is 5.78 Å². The van der Waals surface area contributed by atoms with E-state index in [4.69, 9.17) is 4.74 Å². The Labute approximate surface area is 89.1 Å². The quantitative estimate of drug-likeness (QED) is 0.561. The highest BCUT2D eigenvalue weighted by Gasteiger charge is 2.14. The topological polar surface area (TPSA) is 43.4 Å². The number of hydrogen-bond donors (Lipinski definition) is 0. The molecule has 0 fully saturated rings. The Balaban J connectivity index is 3.37. The van der Waals surface area contributed by atoms with E-state index in [1.807, 2.05) is 6.92 Å². The van der Waals surface area contributed by atoms with Gasteiger partial charge in [-0.05, 0) is 38.5 Å². The van der Waals surface area contributed by atoms with Gasteiger partial charge in [0.1, 0.15) is 12.0 Å². The summed E-state index contributed by atoms with van der Waals surface area (Å²) in [5.41, 5.74) is 1.72. The van der Waals surface area contributed by atoms with Crippen molar-refractivity contribution in [2.24, 2.45) is 0 Å². The van der Waals surface area contributed by atoms with E-state index in [0.717, 1.165) is 6.29 Å². The molecule has 1 aromatic carbocycles. The second kappa shape index (κ2) is 4.73. The summed E-state index contributed by atoms with van der Waals surface area (Å²) in [6.45, 7) is 5.58. The van der Waals surface area contributed by atoms with Crippen molar-refractivity contribution < 1.29 is 14.3 Å². The Morgan fingerprint density at radius 3 is 2.60 bits per heavy atom. The van der Waals surface area contributed by atoms with E-state index in [1.54, 1.807) is 19.1 Å². The van der Waals surface area contributed by atoms with Gasteiger partial charge in [0.05, 0.1) is 12.2 Å². The maximum absolute atomic E-state index is 11.4. The summed E-state index contributed by atoms with van der Waals surface area (Å²) in [6, 6.07) is 3.33. The fourth-order valence-electron chi connectivity index (χ4n) is 1.54. The van der Waals surface area contributed by atoms with Crippen molar-refractivity contribution in [2.75, 3.05) is 6.61 Å². The molecule has 3 nitrogen and oxygen atoms in total. The average Bonchev–Trinajstić information content (AvgIpc) is 2.18. The summed E-state index contributed by atoms with van der Waals surface area (Å²) in [4.78, 5) is 22.2. The molecule has 0 aliphatic carbocycles. The van der Waals surface area contributed by atoms with Crippen molar-refractivity contribution >= 4 is 12.1 Å². The van der Waals surface area contributed by atoms with E-state index in [-0.39, 0.29) is 5.78 Å². The first-order valence-electron chi connectivity index (χ1n) is 4.84. The second-order valence-corrected chi connectivity index (χ2v) is 3.26. The molecule has 0 aliphatic heterocycles. The van der Waals surface area contributed by atoms with Crippen LogP contribution in [0.4, 0.5) is 0 Å². The lowest BCUT2D eigenvalue weighted by Gasteiger charge is -2.11. The van der Waals surface area contributed by atoms with Crippen LogP contribution in [0.2, 0.25) is 0 Å². The SMILES string of the molecule is CCOc1ccc(C=O)c(C)c1C(C)=O. The molecule has 1 aromatic rings. The molecule has 0 saturated heterocycles. The van der Waals surface area contributed by atoms with E-state index < -0.39 is 0 Å². The summed E-state index contributed by atoms with van der Waals surface area (Å²) in [5.74, 6) is 0.466. The Bertz CT molecular complexity index is 394. The molecule has 1 rings (SSSR count). The molecule has 15 heavy (non-hydrogen) atoms. The van der Waals surface area contributed by atoms with E-state index in [1.165, 1.54) is 6.92 Å². The highest BCUT2D eigenvalue weighted by atomic mass is 16.5. The van der Waals surface area contributed by atoms with Gasteiger partial charge in [-0.2, -0.15) is 0 Å². The highest BCUT2D eigenvalue weighted by Crippen LogP contribution is 2.25. The lowest BCUT2D eigenvalue weighted by atomic mass is 9.99. The monoisotopic (exact) mass is 206 g/mol. The van der Waals surface area contributed by atoms with Crippen LogP contribution in [0.1, 0.15) is 40.1 Å². The minimum Gasteiger partial charge on any atom is -0.493 e. The molecule has 0 spiro atoms. The molecule has 0 aliphatic rings. The predicted molar refractivity (Wildman–Crippen MR) is 57.7 cm³/mol. The summed E-state index contributed by atoms with van der Waals surface area (Å²) in [6.07, 6.45) is 0.748. The maximum atomic E-state index is 11.4. The van der Waals surface area contributed by atoms with Gasteiger partial charge in [0, 0.05) is 5.56 Å². The first-order valence-corrected chi connectivity index (χ1v) is 4.84. The highest BCUT2D eigenvalue weighted by molar-refractivity contribution is 6.00. The van der Waals surface area contributed by atoms with Crippen molar-refractivity contribution in [2.45, 2.75) is 20.8 Å². The fourth-order valence-corrected chi connectivity index (χ4v) is 1.54. The number of Topliss-reactive ketones (excluding diaryl/α,β-unsaturated/α-hetero) is 1. The third-order valence-electron chi connectivity index (χ3n) is 2.25. The second-order valence-electron chi connectivity index (χ2n) is 3.26. The van der Waals surface area contributed by atoms with Crippen LogP contribution in [0.3, 0.4) is 0 Å². The molecular formula is C12H14O3. The third kappa shape index (κ3) is 2.24. The largest absolute Gasteiger partial charge is 0.493 e. The summed E-state index contributed by atoms with van der Waals surface area (Å²) >= 11 is 0. The molecule has 3 heteroatoms. The van der Waals surface area contributed by atoms with Gasteiger partial charge in [-0.3, -0.25) is 9.59 Å². The number of ether oxygens (including phenoxy) is 1. The molecule has 0 bridgehead atoms. The lowest BCUT2D eigenvalue weighted by Crippen LogP contribution is -2.05. The minimum atomic E-state index is -0.0837. The Kier molecular flexibility index (Phi) is 3.61. The van der Waals surface area contributed by atoms with Crippen LogP contribution >= 0.6 is 0 Å². The summed E-state index contributed by atoms with van der Waals surface area (Å²) in [7, 11) is 0. The zero-order chi connectivity index (χ0) is 11.4. The number of carbonyl (C=O) groups excluding carboxylic acids is 2. The first kappa shape index (κ1) is 11.4. The van der Waals surface area contributed by atoms with Crippen LogP contribution < -0.4 is 4.74 Å². The molecule has 0 atom stereocenters. The summed E-state index contributed by atoms with van der Waals surface area (Å²) < 4.78 is 5.34. The molecule has 0 N–H and O–H groups in total. The van der Waals surface area contributed by atoms with E-state index >= 15 is 0 Å². The zero-order valence-electron chi connectivity index (χ0n) is 9.16. The van der Waals surface area contributed by atoms with Gasteiger partial charge >= 0.3 is 0 Å². The molecule has 80 valence electrons. The Morgan fingerprint density at radius 1 is 1.47 bits per heavy atom. The van der Waals surface area contributed by atoms with Crippen LogP contribution in [-0.2, 0) is 0 Å². The normalized spacial score (nSPS) is 9.80. The number of rotatable bonds is 4. The van der Waals surface area contributed by atoms with Gasteiger partial charge in [-0.25, -0.2) is 0 Å². The van der Waals surface area contributed by atoms with Crippen molar-refractivity contribution in [1.29, 1.82) is 0 Å². The number of ketones is 1. The van der Waals surface area contributed by atoms with Crippen molar-refractivity contribution in [3.63, 3.8) is 0 Å². The predicted octanol–water partition coefficient (Wildman–Crippen LogP) is 2.41. The first-order chi connectivity index (χ1) is 7.11. The number of aldehydes is 1. The van der Waals surface area contributed by atoms with Crippen molar-refractivity contribution in [1.82, 2.24) is 0 Å².